The number of hydrogen-bond acceptors (Lipinski definition) is 4. The zero-order valence-electron chi connectivity index (χ0n) is 30.8. The molecule has 266 valence electrons. The van der Waals surface area contributed by atoms with Crippen LogP contribution in [0.3, 0.4) is 0 Å². The third kappa shape index (κ3) is 5.86. The van der Waals surface area contributed by atoms with Crippen molar-refractivity contribution in [2.45, 2.75) is 0 Å². The predicted octanol–water partition coefficient (Wildman–Crippen LogP) is 14.5. The number of para-hydroxylation sites is 1. The van der Waals surface area contributed by atoms with Gasteiger partial charge in [-0.05, 0) is 46.5 Å². The first-order valence-electron chi connectivity index (χ1n) is 19.2. The van der Waals surface area contributed by atoms with Gasteiger partial charge in [0.1, 0.15) is 0 Å². The van der Waals surface area contributed by atoms with Crippen LogP contribution in [0.25, 0.3) is 109 Å². The van der Waals surface area contributed by atoms with Gasteiger partial charge in [-0.15, -0.1) is 11.3 Å². The molecule has 3 nitrogen and oxygen atoms in total. The summed E-state index contributed by atoms with van der Waals surface area (Å²) >= 11 is 1.84. The molecule has 57 heavy (non-hydrogen) atoms. The summed E-state index contributed by atoms with van der Waals surface area (Å²) in [5.74, 6) is 0.639. The lowest BCUT2D eigenvalue weighted by Crippen LogP contribution is -1.98. The van der Waals surface area contributed by atoms with Crippen LogP contribution in [0.15, 0.2) is 200 Å². The number of benzene rings is 8. The lowest BCUT2D eigenvalue weighted by atomic mass is 9.94. The summed E-state index contributed by atoms with van der Waals surface area (Å²) in [5.41, 5.74) is 12.3. The second-order valence-corrected chi connectivity index (χ2v) is 15.4. The highest BCUT2D eigenvalue weighted by atomic mass is 32.1. The number of pyridine rings is 1. The molecule has 0 spiro atoms. The van der Waals surface area contributed by atoms with Gasteiger partial charge in [0.05, 0.1) is 22.6 Å². The lowest BCUT2D eigenvalue weighted by Gasteiger charge is -2.15. The zero-order valence-corrected chi connectivity index (χ0v) is 31.6. The quantitative estimate of drug-likeness (QED) is 0.159. The third-order valence-corrected chi connectivity index (χ3v) is 12.1. The molecule has 0 aliphatic heterocycles. The lowest BCUT2D eigenvalue weighted by molar-refractivity contribution is 1.18. The van der Waals surface area contributed by atoms with E-state index in [0.717, 1.165) is 66.8 Å². The molecule has 0 amide bonds. The van der Waals surface area contributed by atoms with Crippen LogP contribution in [0.5, 0.6) is 0 Å². The van der Waals surface area contributed by atoms with Gasteiger partial charge in [-0.25, -0.2) is 15.0 Å². The summed E-state index contributed by atoms with van der Waals surface area (Å²) in [6.45, 7) is 0. The minimum absolute atomic E-state index is 0.639. The van der Waals surface area contributed by atoms with Gasteiger partial charge in [0.15, 0.2) is 5.82 Å². The smallest absolute Gasteiger partial charge is 0.162 e. The Kier molecular flexibility index (Phi) is 8.01. The average Bonchev–Trinajstić information content (AvgIpc) is 3.68. The largest absolute Gasteiger partial charge is 0.246 e. The van der Waals surface area contributed by atoms with E-state index in [9.17, 15) is 0 Å². The molecule has 3 aromatic heterocycles. The molecular weight excluding hydrogens is 711 g/mol. The van der Waals surface area contributed by atoms with Gasteiger partial charge < -0.3 is 0 Å². The van der Waals surface area contributed by atoms with Crippen molar-refractivity contribution in [2.24, 2.45) is 0 Å². The zero-order chi connectivity index (χ0) is 37.7. The Morgan fingerprint density at radius 2 is 0.825 bits per heavy atom. The van der Waals surface area contributed by atoms with Crippen molar-refractivity contribution in [3.8, 4) is 67.4 Å². The molecule has 4 heteroatoms. The van der Waals surface area contributed by atoms with E-state index in [4.69, 9.17) is 15.0 Å². The number of thiophene rings is 1. The van der Waals surface area contributed by atoms with Crippen molar-refractivity contribution < 1.29 is 0 Å². The summed E-state index contributed by atoms with van der Waals surface area (Å²) in [6.07, 6.45) is 0. The van der Waals surface area contributed by atoms with Crippen LogP contribution in [0.4, 0.5) is 0 Å². The van der Waals surface area contributed by atoms with E-state index >= 15 is 0 Å². The van der Waals surface area contributed by atoms with Crippen LogP contribution in [-0.4, -0.2) is 15.0 Å². The second kappa shape index (κ2) is 13.8. The van der Waals surface area contributed by atoms with E-state index < -0.39 is 0 Å². The number of fused-ring (bicyclic) bond motifs is 7. The summed E-state index contributed by atoms with van der Waals surface area (Å²) < 4.78 is 2.54. The van der Waals surface area contributed by atoms with E-state index in [1.807, 2.05) is 23.5 Å². The number of rotatable bonds is 6. The Morgan fingerprint density at radius 1 is 0.316 bits per heavy atom. The van der Waals surface area contributed by atoms with Crippen molar-refractivity contribution in [1.29, 1.82) is 0 Å². The van der Waals surface area contributed by atoms with Gasteiger partial charge >= 0.3 is 0 Å². The van der Waals surface area contributed by atoms with Crippen molar-refractivity contribution in [1.82, 2.24) is 15.0 Å². The highest BCUT2D eigenvalue weighted by molar-refractivity contribution is 7.26. The number of nitrogens with zero attached hydrogens (tertiary/aromatic N) is 3. The molecule has 0 saturated heterocycles. The highest BCUT2D eigenvalue weighted by Gasteiger charge is 2.20. The molecule has 8 aromatic carbocycles. The molecule has 0 atom stereocenters. The highest BCUT2D eigenvalue weighted by Crippen LogP contribution is 2.45. The molecule has 0 aliphatic carbocycles. The van der Waals surface area contributed by atoms with E-state index in [1.54, 1.807) is 0 Å². The molecule has 0 unspecified atom stereocenters. The third-order valence-electron chi connectivity index (χ3n) is 10.9. The fourth-order valence-corrected chi connectivity index (χ4v) is 9.23. The predicted molar refractivity (Wildman–Crippen MR) is 240 cm³/mol. The van der Waals surface area contributed by atoms with Crippen molar-refractivity contribution in [3.63, 3.8) is 0 Å². The first kappa shape index (κ1) is 33.1. The van der Waals surface area contributed by atoms with Crippen LogP contribution in [0, 0.1) is 0 Å². The van der Waals surface area contributed by atoms with Crippen molar-refractivity contribution >= 4 is 53.2 Å². The topological polar surface area (TPSA) is 38.7 Å². The van der Waals surface area contributed by atoms with Crippen LogP contribution >= 0.6 is 11.3 Å². The van der Waals surface area contributed by atoms with Gasteiger partial charge in [-0.3, -0.25) is 0 Å². The van der Waals surface area contributed by atoms with E-state index in [2.05, 4.69) is 188 Å². The SMILES string of the molecule is c1ccc(-c2ccc(-c3cc(-c4ccc(-c5ccccc5)cc4)nc(-c4cccc5c4nc(-c4ccccc4)c4ccc6sc7ccccc7c6c45)n3)cc2)cc1. The fraction of sp³-hybridized carbons (Fsp3) is 0. The summed E-state index contributed by atoms with van der Waals surface area (Å²) in [5, 5.41) is 5.96. The van der Waals surface area contributed by atoms with Crippen LogP contribution in [0.1, 0.15) is 0 Å². The minimum atomic E-state index is 0.639. The maximum Gasteiger partial charge on any atom is 0.162 e. The van der Waals surface area contributed by atoms with Gasteiger partial charge in [-0.2, -0.15) is 0 Å². The first-order chi connectivity index (χ1) is 28.2. The molecule has 0 bridgehead atoms. The van der Waals surface area contributed by atoms with Crippen LogP contribution in [0.2, 0.25) is 0 Å². The van der Waals surface area contributed by atoms with Gasteiger partial charge in [0.25, 0.3) is 0 Å². The maximum absolute atomic E-state index is 5.54. The maximum atomic E-state index is 5.54. The molecule has 3 heterocycles. The molecular formula is C53H33N3S. The van der Waals surface area contributed by atoms with Crippen molar-refractivity contribution in [2.75, 3.05) is 0 Å². The van der Waals surface area contributed by atoms with E-state index in [-0.39, 0.29) is 0 Å². The van der Waals surface area contributed by atoms with E-state index in [1.165, 1.54) is 36.7 Å². The second-order valence-electron chi connectivity index (χ2n) is 14.3. The molecule has 11 aromatic rings. The average molecular weight is 744 g/mol. The molecule has 0 saturated carbocycles. The number of aromatic nitrogens is 3. The Hall–Kier alpha value is -7.27. The Bertz CT molecular complexity index is 3150. The van der Waals surface area contributed by atoms with Crippen LogP contribution in [-0.2, 0) is 0 Å². The van der Waals surface area contributed by atoms with Gasteiger partial charge in [-0.1, -0.05) is 176 Å². The summed E-state index contributed by atoms with van der Waals surface area (Å²) in [6, 6.07) is 70.7. The molecule has 0 fully saturated rings. The molecule has 11 rings (SSSR count). The van der Waals surface area contributed by atoms with Crippen molar-refractivity contribution in [3.05, 3.63) is 200 Å². The van der Waals surface area contributed by atoms with Crippen LogP contribution < -0.4 is 0 Å². The monoisotopic (exact) mass is 743 g/mol. The Labute approximate surface area is 334 Å². The normalized spacial score (nSPS) is 11.5. The first-order valence-corrected chi connectivity index (χ1v) is 20.0. The molecule has 0 N–H and O–H groups in total. The Morgan fingerprint density at radius 3 is 1.44 bits per heavy atom. The summed E-state index contributed by atoms with van der Waals surface area (Å²) in [7, 11) is 0. The standard InChI is InChI=1S/C53H33N3S/c1-4-13-34(14-5-1)36-23-27-38(28-24-36)45-33-46(39-29-25-37(26-30-39)35-15-6-2-7-16-35)55-53(54-45)44-21-12-20-42-49-43(51(56-52(42)44)40-17-8-3-9-18-40)31-32-48-50(49)41-19-10-11-22-47(41)57-48/h1-33H. The Balaban J connectivity index is 1.16. The van der Waals surface area contributed by atoms with Gasteiger partial charge in [0, 0.05) is 58.6 Å². The fourth-order valence-electron chi connectivity index (χ4n) is 8.12. The summed E-state index contributed by atoms with van der Waals surface area (Å²) in [4.78, 5) is 16.2. The molecule has 0 aliphatic rings. The molecule has 0 radical (unpaired) electrons. The minimum Gasteiger partial charge on any atom is -0.246 e. The van der Waals surface area contributed by atoms with E-state index in [0.29, 0.717) is 5.82 Å². The van der Waals surface area contributed by atoms with Gasteiger partial charge in [0.2, 0.25) is 0 Å². The number of hydrogen-bond donors (Lipinski definition) is 0.